The van der Waals surface area contributed by atoms with E-state index in [2.05, 4.69) is 25.4 Å². The first-order chi connectivity index (χ1) is 15.4. The summed E-state index contributed by atoms with van der Waals surface area (Å²) >= 11 is 0. The van der Waals surface area contributed by atoms with Crippen molar-refractivity contribution in [1.82, 2.24) is 0 Å². The van der Waals surface area contributed by atoms with Crippen molar-refractivity contribution in [2.75, 3.05) is 19.8 Å². The van der Waals surface area contributed by atoms with Crippen LogP contribution < -0.4 is 0 Å². The number of hydrogen-bond acceptors (Lipinski definition) is 6. The minimum absolute atomic E-state index is 0.00400. The van der Waals surface area contributed by atoms with Gasteiger partial charge in [-0.2, -0.15) is 0 Å². The Hall–Kier alpha value is -1.14. The topological polar surface area (TPSA) is 102 Å². The van der Waals surface area contributed by atoms with Crippen molar-refractivity contribution in [2.24, 2.45) is 0 Å². The number of carbonyl (C=O) groups is 2. The quantitative estimate of drug-likeness (QED) is 0.0776. The van der Waals surface area contributed by atoms with Gasteiger partial charge >= 0.3 is 11.9 Å². The molecule has 0 rings (SSSR count). The summed E-state index contributed by atoms with van der Waals surface area (Å²) < 4.78 is 15.0. The molecule has 1 unspecified atom stereocenters. The van der Waals surface area contributed by atoms with Crippen LogP contribution in [0, 0.1) is 0 Å². The number of hydrogen-bond donors (Lipinski definition) is 2. The molecule has 32 heavy (non-hydrogen) atoms. The van der Waals surface area contributed by atoms with Gasteiger partial charge in [-0.3, -0.25) is 9.59 Å². The van der Waals surface area contributed by atoms with Crippen LogP contribution in [0.2, 0.25) is 0 Å². The van der Waals surface area contributed by atoms with Crippen LogP contribution in [0.25, 0.3) is 0 Å². The van der Waals surface area contributed by atoms with Crippen molar-refractivity contribution in [1.29, 1.82) is 0 Å². The Labute approximate surface area is 194 Å². The molecule has 0 heterocycles. The van der Waals surface area contributed by atoms with Gasteiger partial charge in [0, 0.05) is 6.42 Å². The minimum atomic E-state index is -3.32. The highest BCUT2D eigenvalue weighted by Gasteiger charge is 2.13. The zero-order chi connectivity index (χ0) is 23.9. The van der Waals surface area contributed by atoms with Gasteiger partial charge in [-0.15, -0.1) is 0 Å². The predicted molar refractivity (Wildman–Crippen MR) is 131 cm³/mol. The summed E-state index contributed by atoms with van der Waals surface area (Å²) in [5.41, 5.74) is 0. The van der Waals surface area contributed by atoms with E-state index in [0.717, 1.165) is 25.7 Å². The van der Waals surface area contributed by atoms with Crippen molar-refractivity contribution in [3.8, 4) is 0 Å². The average molecular weight is 477 g/mol. The molecule has 2 N–H and O–H groups in total. The van der Waals surface area contributed by atoms with Gasteiger partial charge in [-0.05, 0) is 38.4 Å². The van der Waals surface area contributed by atoms with E-state index in [4.69, 9.17) is 18.9 Å². The number of esters is 1. The molecule has 0 aromatic heterocycles. The van der Waals surface area contributed by atoms with Crippen molar-refractivity contribution in [2.45, 2.75) is 103 Å². The zero-order valence-electron chi connectivity index (χ0n) is 20.0. The largest absolute Gasteiger partial charge is 0.481 e. The highest BCUT2D eigenvalue weighted by Crippen LogP contribution is 2.42. The van der Waals surface area contributed by atoms with Crippen LogP contribution in [-0.4, -0.2) is 48.1 Å². The first-order valence-corrected chi connectivity index (χ1v) is 13.9. The molecule has 0 bridgehead atoms. The van der Waals surface area contributed by atoms with Gasteiger partial charge in [0.1, 0.15) is 6.61 Å². The number of ether oxygens (including phenoxy) is 1. The lowest BCUT2D eigenvalue weighted by molar-refractivity contribution is -0.144. The van der Waals surface area contributed by atoms with Gasteiger partial charge in [0.25, 0.3) is 0 Å². The van der Waals surface area contributed by atoms with Crippen molar-refractivity contribution < 1.29 is 33.4 Å². The summed E-state index contributed by atoms with van der Waals surface area (Å²) in [6.45, 7) is 2.03. The standard InChI is InChI=1S/C24H45O7P/c1-3-4-5-6-7-8-9-10-11-12-13-14-15-16-17-18-24(27)29-21-22-31-32(2,28)30-20-19-23(25)26/h10-11,28H,2-9,12-22H2,1H3,(H,25,26)/b11-10-. The maximum Gasteiger partial charge on any atom is 0.305 e. The molecular formula is C24H45O7P. The Morgan fingerprint density at radius 1 is 0.781 bits per heavy atom. The Balaban J connectivity index is 3.43. The van der Waals surface area contributed by atoms with Crippen LogP contribution >= 0.6 is 7.57 Å². The van der Waals surface area contributed by atoms with Crippen LogP contribution in [0.3, 0.4) is 0 Å². The van der Waals surface area contributed by atoms with E-state index in [-0.39, 0.29) is 32.2 Å². The molecule has 0 amide bonds. The second kappa shape index (κ2) is 21.7. The van der Waals surface area contributed by atoms with E-state index >= 15 is 0 Å². The Morgan fingerprint density at radius 2 is 1.31 bits per heavy atom. The molecule has 1 atom stereocenters. The van der Waals surface area contributed by atoms with Crippen LogP contribution in [0.15, 0.2) is 12.2 Å². The molecule has 0 aliphatic rings. The van der Waals surface area contributed by atoms with Gasteiger partial charge < -0.3 is 23.8 Å². The highest BCUT2D eigenvalue weighted by atomic mass is 31.2. The number of carbonyl (C=O) groups excluding carboxylic acids is 1. The van der Waals surface area contributed by atoms with E-state index in [1.165, 1.54) is 57.8 Å². The number of allylic oxidation sites excluding steroid dienone is 2. The lowest BCUT2D eigenvalue weighted by atomic mass is 10.1. The molecule has 0 aromatic carbocycles. The minimum Gasteiger partial charge on any atom is -0.481 e. The van der Waals surface area contributed by atoms with E-state index in [0.29, 0.717) is 6.42 Å². The molecule has 0 saturated heterocycles. The summed E-state index contributed by atoms with van der Waals surface area (Å²) in [5, 5.41) is 8.52. The molecule has 0 fully saturated rings. The molecule has 188 valence electrons. The molecule has 0 aromatic rings. The fraction of sp³-hybridized carbons (Fsp3) is 0.792. The Bertz CT molecular complexity index is 548. The summed E-state index contributed by atoms with van der Waals surface area (Å²) in [6.07, 6.45) is 23.9. The van der Waals surface area contributed by atoms with Crippen molar-refractivity contribution in [3.05, 3.63) is 12.2 Å². The van der Waals surface area contributed by atoms with Crippen LogP contribution in [0.4, 0.5) is 0 Å². The smallest absolute Gasteiger partial charge is 0.305 e. The van der Waals surface area contributed by atoms with Crippen LogP contribution in [0.5, 0.6) is 0 Å². The van der Waals surface area contributed by atoms with E-state index in [1.807, 2.05) is 0 Å². The number of carboxylic acids is 1. The first kappa shape index (κ1) is 30.9. The summed E-state index contributed by atoms with van der Waals surface area (Å²) in [6, 6.07) is 0. The van der Waals surface area contributed by atoms with Crippen molar-refractivity contribution in [3.63, 3.8) is 0 Å². The fourth-order valence-electron chi connectivity index (χ4n) is 3.06. The van der Waals surface area contributed by atoms with Crippen LogP contribution in [-0.2, 0) is 23.4 Å². The van der Waals surface area contributed by atoms with Gasteiger partial charge in [-0.1, -0.05) is 70.4 Å². The average Bonchev–Trinajstić information content (AvgIpc) is 2.73. The predicted octanol–water partition coefficient (Wildman–Crippen LogP) is 6.26. The third kappa shape index (κ3) is 23.5. The molecule has 0 spiro atoms. The summed E-state index contributed by atoms with van der Waals surface area (Å²) in [7, 11) is -3.32. The van der Waals surface area contributed by atoms with E-state index in [9.17, 15) is 14.5 Å². The third-order valence-electron chi connectivity index (χ3n) is 4.89. The highest BCUT2D eigenvalue weighted by molar-refractivity contribution is 7.58. The summed E-state index contributed by atoms with van der Waals surface area (Å²) in [4.78, 5) is 31.9. The van der Waals surface area contributed by atoms with Gasteiger partial charge in [0.05, 0.1) is 19.6 Å². The summed E-state index contributed by atoms with van der Waals surface area (Å²) in [5.74, 6) is -1.32. The molecule has 0 radical (unpaired) electrons. The molecule has 0 aliphatic heterocycles. The maximum atomic E-state index is 11.7. The number of rotatable bonds is 23. The second-order valence-corrected chi connectivity index (χ2v) is 9.79. The van der Waals surface area contributed by atoms with Crippen molar-refractivity contribution >= 4 is 25.8 Å². The molecule has 7 nitrogen and oxygen atoms in total. The molecule has 0 aliphatic carbocycles. The third-order valence-corrected chi connectivity index (χ3v) is 6.06. The number of aliphatic carboxylic acids is 1. The number of unbranched alkanes of at least 4 members (excludes halogenated alkanes) is 11. The Morgan fingerprint density at radius 3 is 1.91 bits per heavy atom. The molecular weight excluding hydrogens is 431 g/mol. The maximum absolute atomic E-state index is 11.7. The van der Waals surface area contributed by atoms with Crippen LogP contribution in [0.1, 0.15) is 103 Å². The van der Waals surface area contributed by atoms with E-state index < -0.39 is 13.5 Å². The second-order valence-electron chi connectivity index (χ2n) is 8.00. The molecule has 0 saturated carbocycles. The zero-order valence-corrected chi connectivity index (χ0v) is 20.9. The SMILES string of the molecule is C=P(O)(OCCOC(=O)CCCCCCC/C=C\CCCCCCCC)OCCC(=O)O. The fourth-order valence-corrected chi connectivity index (χ4v) is 3.87. The van der Waals surface area contributed by atoms with E-state index in [1.54, 1.807) is 0 Å². The monoisotopic (exact) mass is 476 g/mol. The van der Waals surface area contributed by atoms with Gasteiger partial charge in [0.15, 0.2) is 0 Å². The Kier molecular flexibility index (Phi) is 20.9. The number of carboxylic acid groups (broad SMARTS) is 1. The molecule has 8 heteroatoms. The lowest BCUT2D eigenvalue weighted by Gasteiger charge is -2.17. The first-order valence-electron chi connectivity index (χ1n) is 12.1. The normalized spacial score (nSPS) is 13.3. The van der Waals surface area contributed by atoms with Gasteiger partial charge in [-0.25, -0.2) is 0 Å². The lowest BCUT2D eigenvalue weighted by Crippen LogP contribution is -2.11. The van der Waals surface area contributed by atoms with Gasteiger partial charge in [0.2, 0.25) is 7.57 Å².